The van der Waals surface area contributed by atoms with Crippen LogP contribution in [0.2, 0.25) is 0 Å². The van der Waals surface area contributed by atoms with Crippen LogP contribution in [0, 0.1) is 18.8 Å². The van der Waals surface area contributed by atoms with E-state index in [2.05, 4.69) is 24.1 Å². The smallest absolute Gasteiger partial charge is 0.252 e. The molecule has 0 fully saturated rings. The van der Waals surface area contributed by atoms with E-state index in [1.54, 1.807) is 6.07 Å². The molecule has 0 aromatic heterocycles. The number of benzene rings is 1. The zero-order valence-electron chi connectivity index (χ0n) is 12.9. The standard InChI is InChI=1S/C17H24N2O2/c1-3-4-11-21-12-10-19-17(20)16-8-7-14(2)13-15(16)6-5-9-18/h7-8,13H,3-4,9-12,18H2,1-2H3,(H,19,20). The van der Waals surface area contributed by atoms with Crippen molar-refractivity contribution in [3.8, 4) is 11.8 Å². The summed E-state index contributed by atoms with van der Waals surface area (Å²) in [5.74, 6) is 5.61. The van der Waals surface area contributed by atoms with Gasteiger partial charge >= 0.3 is 0 Å². The summed E-state index contributed by atoms with van der Waals surface area (Å²) < 4.78 is 5.42. The van der Waals surface area contributed by atoms with Crippen LogP contribution in [0.4, 0.5) is 0 Å². The Balaban J connectivity index is 2.57. The van der Waals surface area contributed by atoms with Crippen LogP contribution in [0.15, 0.2) is 18.2 Å². The molecule has 0 atom stereocenters. The van der Waals surface area contributed by atoms with Gasteiger partial charge in [0.25, 0.3) is 5.91 Å². The fourth-order valence-corrected chi connectivity index (χ4v) is 1.79. The molecule has 0 bridgehead atoms. The zero-order valence-corrected chi connectivity index (χ0v) is 12.9. The van der Waals surface area contributed by atoms with Crippen LogP contribution in [0.5, 0.6) is 0 Å². The van der Waals surface area contributed by atoms with E-state index in [-0.39, 0.29) is 12.5 Å². The first-order valence-corrected chi connectivity index (χ1v) is 7.34. The number of nitrogens with one attached hydrogen (secondary N) is 1. The molecule has 0 radical (unpaired) electrons. The van der Waals surface area contributed by atoms with Crippen LogP contribution >= 0.6 is 0 Å². The van der Waals surface area contributed by atoms with Gasteiger partial charge < -0.3 is 15.8 Å². The van der Waals surface area contributed by atoms with Gasteiger partial charge in [0.15, 0.2) is 0 Å². The van der Waals surface area contributed by atoms with Crippen molar-refractivity contribution in [2.75, 3.05) is 26.3 Å². The van der Waals surface area contributed by atoms with Crippen LogP contribution in [0.3, 0.4) is 0 Å². The summed E-state index contributed by atoms with van der Waals surface area (Å²) in [7, 11) is 0. The van der Waals surface area contributed by atoms with Crippen molar-refractivity contribution >= 4 is 5.91 Å². The first-order valence-electron chi connectivity index (χ1n) is 7.34. The topological polar surface area (TPSA) is 64.3 Å². The van der Waals surface area contributed by atoms with E-state index in [1.165, 1.54) is 0 Å². The van der Waals surface area contributed by atoms with Gasteiger partial charge in [0.2, 0.25) is 0 Å². The predicted octanol–water partition coefficient (Wildman–Crippen LogP) is 1.85. The second-order valence-electron chi connectivity index (χ2n) is 4.78. The molecule has 4 heteroatoms. The van der Waals surface area contributed by atoms with Gasteiger partial charge in [0, 0.05) is 18.7 Å². The van der Waals surface area contributed by atoms with Crippen molar-refractivity contribution in [1.82, 2.24) is 5.32 Å². The van der Waals surface area contributed by atoms with Crippen molar-refractivity contribution < 1.29 is 9.53 Å². The van der Waals surface area contributed by atoms with E-state index in [1.807, 2.05) is 19.1 Å². The minimum absolute atomic E-state index is 0.129. The van der Waals surface area contributed by atoms with Crippen LogP contribution in [0.1, 0.15) is 41.3 Å². The van der Waals surface area contributed by atoms with E-state index in [0.717, 1.165) is 25.0 Å². The Morgan fingerprint density at radius 1 is 1.38 bits per heavy atom. The number of hydrogen-bond donors (Lipinski definition) is 2. The Labute approximate surface area is 127 Å². The maximum absolute atomic E-state index is 12.2. The summed E-state index contributed by atoms with van der Waals surface area (Å²) in [4.78, 5) is 12.2. The first-order chi connectivity index (χ1) is 10.2. The second kappa shape index (κ2) is 9.98. The van der Waals surface area contributed by atoms with Gasteiger partial charge in [-0.05, 0) is 31.0 Å². The van der Waals surface area contributed by atoms with E-state index >= 15 is 0 Å². The van der Waals surface area contributed by atoms with Gasteiger partial charge in [-0.15, -0.1) is 0 Å². The van der Waals surface area contributed by atoms with Crippen molar-refractivity contribution in [2.24, 2.45) is 5.73 Å². The maximum Gasteiger partial charge on any atom is 0.252 e. The highest BCUT2D eigenvalue weighted by Gasteiger charge is 2.09. The SMILES string of the molecule is CCCCOCCNC(=O)c1ccc(C)cc1C#CCN. The minimum Gasteiger partial charge on any atom is -0.380 e. The Morgan fingerprint density at radius 3 is 2.90 bits per heavy atom. The normalized spacial score (nSPS) is 9.86. The van der Waals surface area contributed by atoms with Crippen LogP contribution < -0.4 is 11.1 Å². The fraction of sp³-hybridized carbons (Fsp3) is 0.471. The molecule has 1 amide bonds. The quantitative estimate of drug-likeness (QED) is 0.594. The third kappa shape index (κ3) is 6.44. The molecule has 114 valence electrons. The lowest BCUT2D eigenvalue weighted by Gasteiger charge is -2.08. The van der Waals surface area contributed by atoms with Crippen molar-refractivity contribution in [1.29, 1.82) is 0 Å². The monoisotopic (exact) mass is 288 g/mol. The van der Waals surface area contributed by atoms with Gasteiger partial charge in [-0.1, -0.05) is 31.3 Å². The molecular formula is C17H24N2O2. The lowest BCUT2D eigenvalue weighted by Crippen LogP contribution is -2.28. The largest absolute Gasteiger partial charge is 0.380 e. The molecule has 1 aromatic rings. The summed E-state index contributed by atoms with van der Waals surface area (Å²) in [5, 5.41) is 2.85. The number of ether oxygens (including phenoxy) is 1. The number of unbranched alkanes of at least 4 members (excludes halogenated alkanes) is 1. The summed E-state index contributed by atoms with van der Waals surface area (Å²) >= 11 is 0. The highest BCUT2D eigenvalue weighted by atomic mass is 16.5. The average molecular weight is 288 g/mol. The summed E-state index contributed by atoms with van der Waals surface area (Å²) in [6, 6.07) is 5.60. The number of carbonyl (C=O) groups excluding carboxylic acids is 1. The lowest BCUT2D eigenvalue weighted by atomic mass is 10.0. The number of carbonyl (C=O) groups is 1. The summed E-state index contributed by atoms with van der Waals surface area (Å²) in [5.41, 5.74) is 7.75. The van der Waals surface area contributed by atoms with E-state index < -0.39 is 0 Å². The van der Waals surface area contributed by atoms with Crippen LogP contribution in [0.25, 0.3) is 0 Å². The molecule has 0 heterocycles. The highest BCUT2D eigenvalue weighted by molar-refractivity contribution is 5.96. The third-order valence-electron chi connectivity index (χ3n) is 2.92. The average Bonchev–Trinajstić information content (AvgIpc) is 2.48. The number of rotatable bonds is 7. The van der Waals surface area contributed by atoms with Crippen LogP contribution in [-0.4, -0.2) is 32.2 Å². The number of aryl methyl sites for hydroxylation is 1. The molecule has 0 aliphatic rings. The van der Waals surface area contributed by atoms with E-state index in [0.29, 0.717) is 24.3 Å². The zero-order chi connectivity index (χ0) is 15.5. The number of nitrogens with two attached hydrogens (primary N) is 1. The van der Waals surface area contributed by atoms with Gasteiger partial charge in [-0.25, -0.2) is 0 Å². The Morgan fingerprint density at radius 2 is 2.19 bits per heavy atom. The molecule has 3 N–H and O–H groups in total. The number of amides is 1. The van der Waals surface area contributed by atoms with Gasteiger partial charge in [0.1, 0.15) is 0 Å². The lowest BCUT2D eigenvalue weighted by molar-refractivity contribution is 0.0912. The molecule has 0 aliphatic heterocycles. The molecule has 21 heavy (non-hydrogen) atoms. The molecule has 1 aromatic carbocycles. The third-order valence-corrected chi connectivity index (χ3v) is 2.92. The highest BCUT2D eigenvalue weighted by Crippen LogP contribution is 2.10. The predicted molar refractivity (Wildman–Crippen MR) is 85.2 cm³/mol. The maximum atomic E-state index is 12.2. The molecule has 0 aliphatic carbocycles. The Bertz CT molecular complexity index is 515. The summed E-state index contributed by atoms with van der Waals surface area (Å²) in [6.07, 6.45) is 2.16. The molecule has 0 unspecified atom stereocenters. The fourth-order valence-electron chi connectivity index (χ4n) is 1.79. The van der Waals surface area contributed by atoms with Gasteiger partial charge in [-0.2, -0.15) is 0 Å². The van der Waals surface area contributed by atoms with Crippen molar-refractivity contribution in [2.45, 2.75) is 26.7 Å². The summed E-state index contributed by atoms with van der Waals surface area (Å²) in [6.45, 7) is 6.13. The van der Waals surface area contributed by atoms with E-state index in [9.17, 15) is 4.79 Å². The minimum atomic E-state index is -0.129. The van der Waals surface area contributed by atoms with E-state index in [4.69, 9.17) is 10.5 Å². The van der Waals surface area contributed by atoms with Crippen molar-refractivity contribution in [3.63, 3.8) is 0 Å². The molecule has 0 spiro atoms. The second-order valence-corrected chi connectivity index (χ2v) is 4.78. The van der Waals surface area contributed by atoms with Gasteiger partial charge in [0.05, 0.1) is 18.7 Å². The molecular weight excluding hydrogens is 264 g/mol. The van der Waals surface area contributed by atoms with Crippen LogP contribution in [-0.2, 0) is 4.74 Å². The van der Waals surface area contributed by atoms with Crippen molar-refractivity contribution in [3.05, 3.63) is 34.9 Å². The molecule has 0 saturated carbocycles. The Hall–Kier alpha value is -1.83. The molecule has 4 nitrogen and oxygen atoms in total. The van der Waals surface area contributed by atoms with Gasteiger partial charge in [-0.3, -0.25) is 4.79 Å². The first kappa shape index (κ1) is 17.2. The molecule has 0 saturated heterocycles. The molecule has 1 rings (SSSR count). The number of hydrogen-bond acceptors (Lipinski definition) is 3. The Kier molecular flexibility index (Phi) is 8.18.